The zero-order chi connectivity index (χ0) is 9.97. The largest absolute Gasteiger partial charge is 0.492 e. The molecule has 1 aliphatic heterocycles. The number of hydrogen-bond donors (Lipinski definition) is 0. The zero-order valence-corrected chi connectivity index (χ0v) is 8.03. The van der Waals surface area contributed by atoms with Crippen molar-refractivity contribution in [3.63, 3.8) is 0 Å². The molecule has 1 aromatic rings. The van der Waals surface area contributed by atoms with Crippen molar-refractivity contribution in [1.29, 1.82) is 0 Å². The highest BCUT2D eigenvalue weighted by molar-refractivity contribution is 5.80. The summed E-state index contributed by atoms with van der Waals surface area (Å²) in [5, 5.41) is 0. The first kappa shape index (κ1) is 9.06. The van der Waals surface area contributed by atoms with Crippen molar-refractivity contribution in [1.82, 2.24) is 0 Å². The first-order valence-electron chi connectivity index (χ1n) is 4.71. The van der Waals surface area contributed by atoms with Crippen molar-refractivity contribution in [3.8, 4) is 5.75 Å². The van der Waals surface area contributed by atoms with Crippen molar-refractivity contribution in [3.05, 3.63) is 29.8 Å². The molecule has 0 saturated carbocycles. The smallest absolute Gasteiger partial charge is 0.317 e. The van der Waals surface area contributed by atoms with Gasteiger partial charge >= 0.3 is 5.97 Å². The molecule has 0 radical (unpaired) electrons. The lowest BCUT2D eigenvalue weighted by Crippen LogP contribution is -2.16. The highest BCUT2D eigenvalue weighted by Gasteiger charge is 2.30. The van der Waals surface area contributed by atoms with Gasteiger partial charge in [-0.1, -0.05) is 18.2 Å². The molecule has 14 heavy (non-hydrogen) atoms. The Hall–Kier alpha value is -1.51. The van der Waals surface area contributed by atoms with Gasteiger partial charge in [0.05, 0.1) is 6.61 Å². The van der Waals surface area contributed by atoms with Gasteiger partial charge < -0.3 is 9.47 Å². The van der Waals surface area contributed by atoms with Crippen LogP contribution < -0.4 is 4.74 Å². The number of para-hydroxylation sites is 1. The van der Waals surface area contributed by atoms with Crippen LogP contribution in [0.5, 0.6) is 5.75 Å². The third-order valence-electron chi connectivity index (χ3n) is 2.27. The monoisotopic (exact) mass is 192 g/mol. The molecule has 3 nitrogen and oxygen atoms in total. The quantitative estimate of drug-likeness (QED) is 0.669. The van der Waals surface area contributed by atoms with Gasteiger partial charge in [0.15, 0.2) is 0 Å². The highest BCUT2D eigenvalue weighted by atomic mass is 16.5. The molecule has 1 heterocycles. The summed E-state index contributed by atoms with van der Waals surface area (Å²) in [5.74, 6) is 0.356. The molecule has 74 valence electrons. The van der Waals surface area contributed by atoms with E-state index in [4.69, 9.17) is 9.47 Å². The molecule has 0 unspecified atom stereocenters. The van der Waals surface area contributed by atoms with Gasteiger partial charge in [-0.15, -0.1) is 0 Å². The number of fused-ring (bicyclic) bond motifs is 1. The second kappa shape index (κ2) is 3.70. The molecule has 0 bridgehead atoms. The van der Waals surface area contributed by atoms with E-state index in [1.54, 1.807) is 6.92 Å². The molecule has 1 aliphatic rings. The first-order chi connectivity index (χ1) is 6.83. The molecule has 0 fully saturated rings. The Labute approximate surface area is 82.6 Å². The van der Waals surface area contributed by atoms with E-state index >= 15 is 0 Å². The predicted molar refractivity (Wildman–Crippen MR) is 51.3 cm³/mol. The summed E-state index contributed by atoms with van der Waals surface area (Å²) in [6.45, 7) is 2.62. The van der Waals surface area contributed by atoms with Gasteiger partial charge in [0.25, 0.3) is 0 Å². The maximum Gasteiger partial charge on any atom is 0.317 e. The average Bonchev–Trinajstić information content (AvgIpc) is 2.61. The molecule has 0 spiro atoms. The number of carbonyl (C=O) groups excluding carboxylic acids is 1. The topological polar surface area (TPSA) is 35.5 Å². The molecular formula is C11H12O3. The van der Waals surface area contributed by atoms with Gasteiger partial charge in [-0.05, 0) is 13.0 Å². The van der Waals surface area contributed by atoms with Gasteiger partial charge in [-0.25, -0.2) is 0 Å². The minimum atomic E-state index is -0.244. The maximum atomic E-state index is 11.5. The van der Waals surface area contributed by atoms with Crippen LogP contribution in [0.3, 0.4) is 0 Å². The highest BCUT2D eigenvalue weighted by Crippen LogP contribution is 2.33. The van der Waals surface area contributed by atoms with Crippen LogP contribution in [0.25, 0.3) is 0 Å². The number of hydrogen-bond acceptors (Lipinski definition) is 3. The Kier molecular flexibility index (Phi) is 2.39. The van der Waals surface area contributed by atoms with E-state index in [2.05, 4.69) is 0 Å². The van der Waals surface area contributed by atoms with E-state index in [0.29, 0.717) is 13.2 Å². The van der Waals surface area contributed by atoms with E-state index in [1.807, 2.05) is 24.3 Å². The van der Waals surface area contributed by atoms with Crippen molar-refractivity contribution >= 4 is 5.97 Å². The van der Waals surface area contributed by atoms with Crippen molar-refractivity contribution < 1.29 is 14.3 Å². The molecule has 0 aromatic heterocycles. The van der Waals surface area contributed by atoms with Crippen LogP contribution in [0.15, 0.2) is 24.3 Å². The van der Waals surface area contributed by atoms with Gasteiger partial charge in [-0.2, -0.15) is 0 Å². The fourth-order valence-electron chi connectivity index (χ4n) is 1.60. The van der Waals surface area contributed by atoms with E-state index in [9.17, 15) is 4.79 Å². The van der Waals surface area contributed by atoms with Crippen LogP contribution in [0, 0.1) is 0 Å². The lowest BCUT2D eigenvalue weighted by Gasteiger charge is -2.06. The lowest BCUT2D eigenvalue weighted by molar-refractivity contribution is -0.145. The van der Waals surface area contributed by atoms with Crippen LogP contribution in [-0.4, -0.2) is 19.2 Å². The fraction of sp³-hybridized carbons (Fsp3) is 0.364. The summed E-state index contributed by atoms with van der Waals surface area (Å²) >= 11 is 0. The first-order valence-corrected chi connectivity index (χ1v) is 4.71. The Morgan fingerprint density at radius 3 is 3.14 bits per heavy atom. The molecule has 2 rings (SSSR count). The standard InChI is InChI=1S/C11H12O3/c1-2-13-11(12)9-7-14-10-6-4-3-5-8(9)10/h3-6,9H,2,7H2,1H3/t9-/m1/s1. The molecule has 0 aliphatic carbocycles. The van der Waals surface area contributed by atoms with Crippen LogP contribution in [0.1, 0.15) is 18.4 Å². The van der Waals surface area contributed by atoms with Crippen LogP contribution in [0.4, 0.5) is 0 Å². The Morgan fingerprint density at radius 1 is 1.57 bits per heavy atom. The summed E-state index contributed by atoms with van der Waals surface area (Å²) in [5.41, 5.74) is 0.936. The second-order valence-electron chi connectivity index (χ2n) is 3.15. The fourth-order valence-corrected chi connectivity index (χ4v) is 1.60. The molecule has 1 aromatic carbocycles. The van der Waals surface area contributed by atoms with Crippen molar-refractivity contribution in [2.75, 3.05) is 13.2 Å². The zero-order valence-electron chi connectivity index (χ0n) is 8.03. The number of rotatable bonds is 2. The Bertz CT molecular complexity index is 346. The van der Waals surface area contributed by atoms with Gasteiger partial charge in [0.1, 0.15) is 18.3 Å². The number of esters is 1. The van der Waals surface area contributed by atoms with Crippen LogP contribution in [-0.2, 0) is 9.53 Å². The molecule has 0 amide bonds. The maximum absolute atomic E-state index is 11.5. The van der Waals surface area contributed by atoms with E-state index in [0.717, 1.165) is 11.3 Å². The number of benzene rings is 1. The normalized spacial score (nSPS) is 18.5. The minimum absolute atomic E-state index is 0.197. The molecular weight excluding hydrogens is 180 g/mol. The summed E-state index contributed by atoms with van der Waals surface area (Å²) in [4.78, 5) is 11.5. The number of ether oxygens (including phenoxy) is 2. The third kappa shape index (κ3) is 1.45. The minimum Gasteiger partial charge on any atom is -0.492 e. The predicted octanol–water partition coefficient (Wildman–Crippen LogP) is 1.73. The van der Waals surface area contributed by atoms with Gasteiger partial charge in [0, 0.05) is 5.56 Å². The Balaban J connectivity index is 2.21. The Morgan fingerprint density at radius 2 is 2.36 bits per heavy atom. The lowest BCUT2D eigenvalue weighted by atomic mass is 10.0. The van der Waals surface area contributed by atoms with Crippen molar-refractivity contribution in [2.45, 2.75) is 12.8 Å². The molecule has 1 atom stereocenters. The van der Waals surface area contributed by atoms with Crippen LogP contribution in [0.2, 0.25) is 0 Å². The summed E-state index contributed by atoms with van der Waals surface area (Å²) in [6, 6.07) is 7.57. The van der Waals surface area contributed by atoms with Crippen molar-refractivity contribution in [2.24, 2.45) is 0 Å². The van der Waals surface area contributed by atoms with E-state index < -0.39 is 0 Å². The second-order valence-corrected chi connectivity index (χ2v) is 3.15. The summed E-state index contributed by atoms with van der Waals surface area (Å²) in [7, 11) is 0. The SMILES string of the molecule is CCOC(=O)[C@@H]1COc2ccccc21. The molecule has 3 heteroatoms. The average molecular weight is 192 g/mol. The van der Waals surface area contributed by atoms with Gasteiger partial charge in [0.2, 0.25) is 0 Å². The molecule has 0 N–H and O–H groups in total. The molecule has 0 saturated heterocycles. The number of carbonyl (C=O) groups is 1. The van der Waals surface area contributed by atoms with Gasteiger partial charge in [-0.3, -0.25) is 4.79 Å². The third-order valence-corrected chi connectivity index (χ3v) is 2.27. The summed E-state index contributed by atoms with van der Waals surface area (Å²) in [6.07, 6.45) is 0. The van der Waals surface area contributed by atoms with Crippen LogP contribution >= 0.6 is 0 Å². The summed E-state index contributed by atoms with van der Waals surface area (Å²) < 4.78 is 10.3. The van der Waals surface area contributed by atoms with E-state index in [1.165, 1.54) is 0 Å². The van der Waals surface area contributed by atoms with E-state index in [-0.39, 0.29) is 11.9 Å².